The fraction of sp³-hybridized carbons (Fsp3) is 0.235. The maximum absolute atomic E-state index is 12.6. The van der Waals surface area contributed by atoms with Crippen molar-refractivity contribution >= 4 is 50.7 Å². The third-order valence-electron chi connectivity index (χ3n) is 3.88. The zero-order valence-electron chi connectivity index (χ0n) is 13.7. The monoisotopic (exact) mass is 396 g/mol. The van der Waals surface area contributed by atoms with Gasteiger partial charge in [-0.15, -0.1) is 11.8 Å². The molecule has 2 aromatic carbocycles. The van der Waals surface area contributed by atoms with Gasteiger partial charge in [0.1, 0.15) is 0 Å². The summed E-state index contributed by atoms with van der Waals surface area (Å²) in [6.07, 6.45) is 0. The van der Waals surface area contributed by atoms with Crippen LogP contribution in [-0.2, 0) is 14.8 Å². The van der Waals surface area contributed by atoms with E-state index in [1.807, 2.05) is 13.8 Å². The Balaban J connectivity index is 1.91. The summed E-state index contributed by atoms with van der Waals surface area (Å²) in [7, 11) is -3.79. The number of aryl methyl sites for hydroxylation is 1. The van der Waals surface area contributed by atoms with Gasteiger partial charge in [0.2, 0.25) is 5.91 Å². The molecule has 2 aromatic rings. The normalized spacial score (nSPS) is 17.4. The average Bonchev–Trinajstić information content (AvgIpc) is 2.69. The van der Waals surface area contributed by atoms with Crippen LogP contribution >= 0.6 is 23.4 Å². The molecule has 1 aliphatic rings. The number of halogens is 1. The number of anilines is 2. The highest BCUT2D eigenvalue weighted by molar-refractivity contribution is 7.99. The summed E-state index contributed by atoms with van der Waals surface area (Å²) in [5.74, 6) is 0.412. The Hall–Kier alpha value is -1.70. The molecule has 0 saturated heterocycles. The van der Waals surface area contributed by atoms with Crippen LogP contribution in [0.15, 0.2) is 46.2 Å². The van der Waals surface area contributed by atoms with Crippen molar-refractivity contribution in [2.45, 2.75) is 23.6 Å². The van der Waals surface area contributed by atoms with Gasteiger partial charge in [-0.2, -0.15) is 0 Å². The Morgan fingerprint density at radius 1 is 1.24 bits per heavy atom. The highest BCUT2D eigenvalue weighted by Crippen LogP contribution is 2.34. The van der Waals surface area contributed by atoms with Gasteiger partial charge in [0.15, 0.2) is 0 Å². The first-order valence-electron chi connectivity index (χ1n) is 7.63. The molecule has 1 atom stereocenters. The molecule has 0 saturated carbocycles. The molecule has 0 fully saturated rings. The third kappa shape index (κ3) is 3.94. The number of amides is 1. The van der Waals surface area contributed by atoms with Crippen LogP contribution in [0.5, 0.6) is 0 Å². The summed E-state index contributed by atoms with van der Waals surface area (Å²) in [5.41, 5.74) is 1.77. The Kier molecular flexibility index (Phi) is 4.99. The predicted molar refractivity (Wildman–Crippen MR) is 102 cm³/mol. The molecule has 0 radical (unpaired) electrons. The van der Waals surface area contributed by atoms with E-state index in [9.17, 15) is 13.2 Å². The maximum Gasteiger partial charge on any atom is 0.261 e. The largest absolute Gasteiger partial charge is 0.325 e. The molecule has 3 rings (SSSR count). The zero-order chi connectivity index (χ0) is 18.2. The number of hydrogen-bond donors (Lipinski definition) is 2. The van der Waals surface area contributed by atoms with E-state index >= 15 is 0 Å². The number of carbonyl (C=O) groups is 1. The van der Waals surface area contributed by atoms with Crippen molar-refractivity contribution in [2.24, 2.45) is 5.92 Å². The van der Waals surface area contributed by atoms with Gasteiger partial charge >= 0.3 is 0 Å². The predicted octanol–water partition coefficient (Wildman–Crippen LogP) is 4.13. The van der Waals surface area contributed by atoms with Gasteiger partial charge in [-0.1, -0.05) is 24.6 Å². The minimum atomic E-state index is -3.79. The lowest BCUT2D eigenvalue weighted by molar-refractivity contribution is -0.118. The van der Waals surface area contributed by atoms with Gasteiger partial charge in [-0.25, -0.2) is 8.42 Å². The topological polar surface area (TPSA) is 75.3 Å². The number of carbonyl (C=O) groups excluding carboxylic acids is 1. The molecule has 1 amide bonds. The summed E-state index contributed by atoms with van der Waals surface area (Å²) >= 11 is 7.58. The van der Waals surface area contributed by atoms with E-state index in [1.165, 1.54) is 23.9 Å². The van der Waals surface area contributed by atoms with E-state index < -0.39 is 10.0 Å². The van der Waals surface area contributed by atoms with E-state index in [2.05, 4.69) is 10.0 Å². The second kappa shape index (κ2) is 6.90. The quantitative estimate of drug-likeness (QED) is 0.817. The van der Waals surface area contributed by atoms with Gasteiger partial charge in [-0.3, -0.25) is 9.52 Å². The fourth-order valence-electron chi connectivity index (χ4n) is 2.32. The van der Waals surface area contributed by atoms with Gasteiger partial charge in [0, 0.05) is 21.6 Å². The SMILES string of the molecule is Cc1ccc(NS(=O)(=O)c2ccc3c(c2)NC(=O)[C@@H](C)CS3)cc1Cl. The molecule has 2 N–H and O–H groups in total. The molecule has 132 valence electrons. The first-order chi connectivity index (χ1) is 11.8. The zero-order valence-corrected chi connectivity index (χ0v) is 16.1. The van der Waals surface area contributed by atoms with Crippen LogP contribution in [0.1, 0.15) is 12.5 Å². The van der Waals surface area contributed by atoms with Crippen molar-refractivity contribution in [3.63, 3.8) is 0 Å². The fourth-order valence-corrected chi connectivity index (χ4v) is 4.58. The first kappa shape index (κ1) is 18.1. The molecule has 0 aromatic heterocycles. The Morgan fingerprint density at radius 2 is 2.00 bits per heavy atom. The molecule has 0 aliphatic carbocycles. The van der Waals surface area contributed by atoms with Gasteiger partial charge in [-0.05, 0) is 42.8 Å². The summed E-state index contributed by atoms with van der Waals surface area (Å²) < 4.78 is 27.8. The van der Waals surface area contributed by atoms with Crippen molar-refractivity contribution < 1.29 is 13.2 Å². The molecule has 0 spiro atoms. The van der Waals surface area contributed by atoms with E-state index in [0.717, 1.165) is 10.5 Å². The van der Waals surface area contributed by atoms with Crippen molar-refractivity contribution in [3.8, 4) is 0 Å². The number of sulfonamides is 1. The Bertz CT molecular complexity index is 945. The Labute approximate surface area is 156 Å². The molecule has 0 unspecified atom stereocenters. The van der Waals surface area contributed by atoms with Gasteiger partial charge in [0.25, 0.3) is 10.0 Å². The van der Waals surface area contributed by atoms with Crippen LogP contribution in [0.25, 0.3) is 0 Å². The molecule has 0 bridgehead atoms. The first-order valence-corrected chi connectivity index (χ1v) is 10.5. The summed E-state index contributed by atoms with van der Waals surface area (Å²) in [6.45, 7) is 3.68. The number of nitrogens with one attached hydrogen (secondary N) is 2. The number of thioether (sulfide) groups is 1. The van der Waals surface area contributed by atoms with Crippen molar-refractivity contribution in [1.82, 2.24) is 0 Å². The Morgan fingerprint density at radius 3 is 2.72 bits per heavy atom. The lowest BCUT2D eigenvalue weighted by Gasteiger charge is -2.12. The van der Waals surface area contributed by atoms with Crippen molar-refractivity contribution in [1.29, 1.82) is 0 Å². The number of hydrogen-bond acceptors (Lipinski definition) is 4. The highest BCUT2D eigenvalue weighted by Gasteiger charge is 2.23. The molecule has 1 aliphatic heterocycles. The van der Waals surface area contributed by atoms with Gasteiger partial charge in [0.05, 0.1) is 16.3 Å². The van der Waals surface area contributed by atoms with Crippen LogP contribution in [-0.4, -0.2) is 20.1 Å². The summed E-state index contributed by atoms with van der Waals surface area (Å²) in [6, 6.07) is 9.70. The van der Waals surface area contributed by atoms with Crippen LogP contribution in [0, 0.1) is 12.8 Å². The standard InChI is InChI=1S/C17H17ClN2O3S2/c1-10-3-4-12(7-14(10)18)20-25(22,23)13-5-6-16-15(8-13)19-17(21)11(2)9-24-16/h3-8,11,20H,9H2,1-2H3,(H,19,21)/t11-/m0/s1. The number of fused-ring (bicyclic) bond motifs is 1. The third-order valence-corrected chi connectivity index (χ3v) is 7.00. The van der Waals surface area contributed by atoms with E-state index in [1.54, 1.807) is 24.3 Å². The molecule has 1 heterocycles. The second-order valence-corrected chi connectivity index (χ2v) is 9.08. The van der Waals surface area contributed by atoms with E-state index in [4.69, 9.17) is 11.6 Å². The minimum Gasteiger partial charge on any atom is -0.325 e. The van der Waals surface area contributed by atoms with Crippen molar-refractivity contribution in [3.05, 3.63) is 47.0 Å². The van der Waals surface area contributed by atoms with Crippen LogP contribution in [0.4, 0.5) is 11.4 Å². The molecular formula is C17H17ClN2O3S2. The highest BCUT2D eigenvalue weighted by atomic mass is 35.5. The minimum absolute atomic E-state index is 0.0819. The second-order valence-electron chi connectivity index (χ2n) is 5.93. The number of rotatable bonds is 3. The maximum atomic E-state index is 12.6. The smallest absolute Gasteiger partial charge is 0.261 e. The van der Waals surface area contributed by atoms with Crippen molar-refractivity contribution in [2.75, 3.05) is 15.8 Å². The van der Waals surface area contributed by atoms with E-state index in [-0.39, 0.29) is 16.7 Å². The molecule has 8 heteroatoms. The molecule has 5 nitrogen and oxygen atoms in total. The van der Waals surface area contributed by atoms with Crippen LogP contribution in [0.3, 0.4) is 0 Å². The molecular weight excluding hydrogens is 380 g/mol. The van der Waals surface area contributed by atoms with Crippen LogP contribution < -0.4 is 10.0 Å². The van der Waals surface area contributed by atoms with E-state index in [0.29, 0.717) is 22.2 Å². The average molecular weight is 397 g/mol. The van der Waals surface area contributed by atoms with Gasteiger partial charge < -0.3 is 5.32 Å². The lowest BCUT2D eigenvalue weighted by atomic mass is 10.2. The summed E-state index contributed by atoms with van der Waals surface area (Å²) in [4.78, 5) is 12.9. The molecule has 25 heavy (non-hydrogen) atoms. The van der Waals surface area contributed by atoms with Crippen LogP contribution in [0.2, 0.25) is 5.02 Å². The summed E-state index contributed by atoms with van der Waals surface area (Å²) in [5, 5.41) is 3.28. The number of benzene rings is 2. The lowest BCUT2D eigenvalue weighted by Crippen LogP contribution is -2.20.